The molecule has 7 heteroatoms. The molecule has 0 bridgehead atoms. The Morgan fingerprint density at radius 3 is 2.75 bits per heavy atom. The summed E-state index contributed by atoms with van der Waals surface area (Å²) in [5.41, 5.74) is 1.05. The van der Waals surface area contributed by atoms with E-state index in [1.54, 1.807) is 29.2 Å². The van der Waals surface area contributed by atoms with E-state index in [0.717, 1.165) is 0 Å². The van der Waals surface area contributed by atoms with Gasteiger partial charge in [0.05, 0.1) is 23.9 Å². The molecule has 7 nitrogen and oxygen atoms in total. The number of nitrogens with one attached hydrogen (secondary N) is 1. The Morgan fingerprint density at radius 1 is 1.45 bits per heavy atom. The molecule has 0 aliphatic carbocycles. The maximum Gasteiger partial charge on any atom is 0.292 e. The van der Waals surface area contributed by atoms with Crippen LogP contribution in [0.15, 0.2) is 30.6 Å². The average molecular weight is 276 g/mol. The number of rotatable bonds is 5. The van der Waals surface area contributed by atoms with Gasteiger partial charge in [-0.05, 0) is 19.9 Å². The van der Waals surface area contributed by atoms with Crippen molar-refractivity contribution in [1.29, 1.82) is 0 Å². The molecule has 20 heavy (non-hydrogen) atoms. The Bertz CT molecular complexity index is 622. The molecule has 0 amide bonds. The highest BCUT2D eigenvalue weighted by molar-refractivity contribution is 5.70. The Balaban J connectivity index is 2.32. The summed E-state index contributed by atoms with van der Waals surface area (Å²) in [6.07, 6.45) is 3.43. The van der Waals surface area contributed by atoms with Crippen molar-refractivity contribution in [3.8, 4) is 5.75 Å². The van der Waals surface area contributed by atoms with E-state index in [-0.39, 0.29) is 11.7 Å². The quantitative estimate of drug-likeness (QED) is 0.670. The third-order valence-corrected chi connectivity index (χ3v) is 2.81. The molecule has 0 aliphatic heterocycles. The van der Waals surface area contributed by atoms with Crippen LogP contribution in [0.4, 0.5) is 17.1 Å². The lowest BCUT2D eigenvalue weighted by atomic mass is 10.2. The normalized spacial score (nSPS) is 10.6. The third kappa shape index (κ3) is 2.87. The Hall–Kier alpha value is -2.57. The largest absolute Gasteiger partial charge is 0.497 e. The van der Waals surface area contributed by atoms with E-state index in [1.165, 1.54) is 13.2 Å². The number of nitro groups is 1. The summed E-state index contributed by atoms with van der Waals surface area (Å²) in [7, 11) is 1.52. The highest BCUT2D eigenvalue weighted by atomic mass is 16.6. The van der Waals surface area contributed by atoms with Crippen molar-refractivity contribution in [3.05, 3.63) is 40.7 Å². The number of ether oxygens (including phenoxy) is 1. The van der Waals surface area contributed by atoms with Crippen molar-refractivity contribution in [2.75, 3.05) is 12.4 Å². The molecule has 2 aromatic rings. The SMILES string of the molecule is COc1ccc([N+](=O)[O-])c(Nc2cnn(C(C)C)c2)c1. The molecule has 0 radical (unpaired) electrons. The topological polar surface area (TPSA) is 82.2 Å². The zero-order chi connectivity index (χ0) is 14.7. The number of nitrogens with zero attached hydrogens (tertiary/aromatic N) is 3. The highest BCUT2D eigenvalue weighted by Crippen LogP contribution is 2.31. The van der Waals surface area contributed by atoms with Gasteiger partial charge in [0.15, 0.2) is 0 Å². The predicted octanol–water partition coefficient (Wildman–Crippen LogP) is 3.12. The van der Waals surface area contributed by atoms with Crippen LogP contribution < -0.4 is 10.1 Å². The summed E-state index contributed by atoms with van der Waals surface area (Å²) in [6, 6.07) is 4.78. The molecule has 2 rings (SSSR count). The standard InChI is InChI=1S/C13H16N4O3/c1-9(2)16-8-10(7-14-16)15-12-6-11(20-3)4-5-13(12)17(18)19/h4-9,15H,1-3H3. The third-order valence-electron chi connectivity index (χ3n) is 2.81. The van der Waals surface area contributed by atoms with E-state index in [4.69, 9.17) is 4.74 Å². The van der Waals surface area contributed by atoms with Crippen LogP contribution in [0.1, 0.15) is 19.9 Å². The van der Waals surface area contributed by atoms with Gasteiger partial charge >= 0.3 is 0 Å². The molecule has 0 unspecified atom stereocenters. The molecule has 1 N–H and O–H groups in total. The van der Waals surface area contributed by atoms with Crippen molar-refractivity contribution in [3.63, 3.8) is 0 Å². The Labute approximate surface area is 116 Å². The van der Waals surface area contributed by atoms with Crippen LogP contribution >= 0.6 is 0 Å². The molecule has 1 aromatic carbocycles. The predicted molar refractivity (Wildman–Crippen MR) is 75.5 cm³/mol. The van der Waals surface area contributed by atoms with Gasteiger partial charge in [-0.15, -0.1) is 0 Å². The molecule has 0 spiro atoms. The van der Waals surface area contributed by atoms with Crippen molar-refractivity contribution in [1.82, 2.24) is 9.78 Å². The van der Waals surface area contributed by atoms with Gasteiger partial charge in [-0.25, -0.2) is 0 Å². The molecular weight excluding hydrogens is 260 g/mol. The van der Waals surface area contributed by atoms with Gasteiger partial charge in [-0.3, -0.25) is 14.8 Å². The summed E-state index contributed by atoms with van der Waals surface area (Å²) < 4.78 is 6.86. The van der Waals surface area contributed by atoms with Crippen LogP contribution in [-0.4, -0.2) is 21.8 Å². The molecule has 1 heterocycles. The fourth-order valence-electron chi connectivity index (χ4n) is 1.74. The van der Waals surface area contributed by atoms with Gasteiger partial charge in [0.2, 0.25) is 0 Å². The minimum atomic E-state index is -0.436. The number of nitro benzene ring substituents is 1. The van der Waals surface area contributed by atoms with Crippen LogP contribution in [0.5, 0.6) is 5.75 Å². The lowest BCUT2D eigenvalue weighted by Gasteiger charge is -2.07. The Kier molecular flexibility index (Phi) is 3.88. The Morgan fingerprint density at radius 2 is 2.20 bits per heavy atom. The first kappa shape index (κ1) is 13.9. The van der Waals surface area contributed by atoms with E-state index >= 15 is 0 Å². The van der Waals surface area contributed by atoms with Crippen LogP contribution in [0.25, 0.3) is 0 Å². The van der Waals surface area contributed by atoms with Gasteiger partial charge in [-0.1, -0.05) is 0 Å². The van der Waals surface area contributed by atoms with E-state index in [9.17, 15) is 10.1 Å². The molecule has 0 aliphatic rings. The minimum Gasteiger partial charge on any atom is -0.497 e. The van der Waals surface area contributed by atoms with Gasteiger partial charge in [-0.2, -0.15) is 5.10 Å². The second kappa shape index (κ2) is 5.60. The van der Waals surface area contributed by atoms with Crippen molar-refractivity contribution in [2.45, 2.75) is 19.9 Å². The fraction of sp³-hybridized carbons (Fsp3) is 0.308. The summed E-state index contributed by atoms with van der Waals surface area (Å²) in [6.45, 7) is 4.01. The van der Waals surface area contributed by atoms with Crippen molar-refractivity contribution >= 4 is 17.1 Å². The van der Waals surface area contributed by atoms with Gasteiger partial charge < -0.3 is 10.1 Å². The highest BCUT2D eigenvalue weighted by Gasteiger charge is 2.15. The molecule has 0 saturated heterocycles. The molecule has 106 valence electrons. The molecule has 0 saturated carbocycles. The van der Waals surface area contributed by atoms with Crippen LogP contribution in [0.3, 0.4) is 0 Å². The second-order valence-electron chi connectivity index (χ2n) is 4.57. The van der Waals surface area contributed by atoms with Crippen LogP contribution in [0, 0.1) is 10.1 Å². The zero-order valence-electron chi connectivity index (χ0n) is 11.5. The molecular formula is C13H16N4O3. The first-order valence-electron chi connectivity index (χ1n) is 6.15. The smallest absolute Gasteiger partial charge is 0.292 e. The summed E-state index contributed by atoms with van der Waals surface area (Å²) in [5.74, 6) is 0.550. The van der Waals surface area contributed by atoms with Gasteiger partial charge in [0, 0.05) is 24.4 Å². The number of hydrogen-bond acceptors (Lipinski definition) is 5. The number of aromatic nitrogens is 2. The molecule has 0 atom stereocenters. The first-order chi connectivity index (χ1) is 9.51. The van der Waals surface area contributed by atoms with Gasteiger partial charge in [0.25, 0.3) is 5.69 Å². The second-order valence-corrected chi connectivity index (χ2v) is 4.57. The number of benzene rings is 1. The van der Waals surface area contributed by atoms with E-state index < -0.39 is 4.92 Å². The summed E-state index contributed by atoms with van der Waals surface area (Å²) >= 11 is 0. The minimum absolute atomic E-state index is 0.0110. The van der Waals surface area contributed by atoms with Gasteiger partial charge in [0.1, 0.15) is 11.4 Å². The molecule has 0 fully saturated rings. The average Bonchev–Trinajstić information content (AvgIpc) is 2.87. The number of methoxy groups -OCH3 is 1. The monoisotopic (exact) mass is 276 g/mol. The number of hydrogen-bond donors (Lipinski definition) is 1. The van der Waals surface area contributed by atoms with Crippen molar-refractivity contribution in [2.24, 2.45) is 0 Å². The lowest BCUT2D eigenvalue weighted by molar-refractivity contribution is -0.383. The van der Waals surface area contributed by atoms with Crippen LogP contribution in [0.2, 0.25) is 0 Å². The first-order valence-corrected chi connectivity index (χ1v) is 6.15. The fourth-order valence-corrected chi connectivity index (χ4v) is 1.74. The summed E-state index contributed by atoms with van der Waals surface area (Å²) in [5, 5.41) is 18.2. The maximum absolute atomic E-state index is 11.0. The van der Waals surface area contributed by atoms with E-state index in [1.807, 2.05) is 13.8 Å². The maximum atomic E-state index is 11.0. The number of anilines is 2. The van der Waals surface area contributed by atoms with E-state index in [2.05, 4.69) is 10.4 Å². The zero-order valence-corrected chi connectivity index (χ0v) is 11.5. The summed E-state index contributed by atoms with van der Waals surface area (Å²) in [4.78, 5) is 10.6. The van der Waals surface area contributed by atoms with Crippen LogP contribution in [-0.2, 0) is 0 Å². The lowest BCUT2D eigenvalue weighted by Crippen LogP contribution is -2.00. The molecule has 1 aromatic heterocycles. The van der Waals surface area contributed by atoms with Crippen molar-refractivity contribution < 1.29 is 9.66 Å². The van der Waals surface area contributed by atoms with E-state index in [0.29, 0.717) is 17.1 Å².